The van der Waals surface area contributed by atoms with E-state index in [1.165, 1.54) is 6.92 Å². The van der Waals surface area contributed by atoms with E-state index in [1.807, 2.05) is 25.1 Å². The Morgan fingerprint density at radius 2 is 2.25 bits per heavy atom. The number of amides is 1. The molecular weight excluding hydrogens is 270 g/mol. The van der Waals surface area contributed by atoms with Gasteiger partial charge in [0.05, 0.1) is 0 Å². The van der Waals surface area contributed by atoms with Crippen LogP contribution in [0.4, 0.5) is 5.69 Å². The molecule has 1 aromatic heterocycles. The second-order valence-electron chi connectivity index (χ2n) is 4.79. The van der Waals surface area contributed by atoms with Gasteiger partial charge in [-0.15, -0.1) is 11.3 Å². The summed E-state index contributed by atoms with van der Waals surface area (Å²) in [5.41, 5.74) is 3.03. The van der Waals surface area contributed by atoms with Crippen LogP contribution >= 0.6 is 11.3 Å². The van der Waals surface area contributed by atoms with Gasteiger partial charge >= 0.3 is 0 Å². The Balaban J connectivity index is 1.97. The Morgan fingerprint density at radius 3 is 2.90 bits per heavy atom. The molecule has 4 nitrogen and oxygen atoms in total. The largest absolute Gasteiger partial charge is 0.326 e. The minimum Gasteiger partial charge on any atom is -0.326 e. The summed E-state index contributed by atoms with van der Waals surface area (Å²) in [5.74, 6) is -0.0546. The van der Waals surface area contributed by atoms with Crippen LogP contribution in [0.1, 0.15) is 36.2 Å². The molecule has 20 heavy (non-hydrogen) atoms. The first kappa shape index (κ1) is 14.7. The van der Waals surface area contributed by atoms with Crippen LogP contribution in [0.2, 0.25) is 0 Å². The molecule has 2 rings (SSSR count). The summed E-state index contributed by atoms with van der Waals surface area (Å²) in [6.45, 7) is 6.37. The molecule has 0 radical (unpaired) electrons. The topological polar surface area (TPSA) is 54.0 Å². The van der Waals surface area contributed by atoms with Crippen LogP contribution in [0.5, 0.6) is 0 Å². The molecule has 1 unspecified atom stereocenters. The van der Waals surface area contributed by atoms with E-state index in [0.29, 0.717) is 0 Å². The molecule has 0 saturated heterocycles. The summed E-state index contributed by atoms with van der Waals surface area (Å²) >= 11 is 1.67. The number of carbonyl (C=O) groups is 1. The quantitative estimate of drug-likeness (QED) is 0.888. The van der Waals surface area contributed by atoms with E-state index in [0.717, 1.165) is 28.5 Å². The summed E-state index contributed by atoms with van der Waals surface area (Å²) < 4.78 is 0. The van der Waals surface area contributed by atoms with Crippen molar-refractivity contribution in [1.29, 1.82) is 0 Å². The third-order valence-corrected chi connectivity index (χ3v) is 3.90. The Morgan fingerprint density at radius 1 is 1.45 bits per heavy atom. The molecule has 0 aliphatic heterocycles. The average Bonchev–Trinajstić information content (AvgIpc) is 2.81. The van der Waals surface area contributed by atoms with Crippen molar-refractivity contribution < 1.29 is 4.79 Å². The number of benzene rings is 1. The Labute approximate surface area is 123 Å². The number of thiazole rings is 1. The highest BCUT2D eigenvalue weighted by atomic mass is 32.1. The molecule has 0 aliphatic carbocycles. The molecule has 0 spiro atoms. The lowest BCUT2D eigenvalue weighted by molar-refractivity contribution is -0.114. The zero-order valence-corrected chi connectivity index (χ0v) is 12.8. The van der Waals surface area contributed by atoms with Crippen LogP contribution in [0.3, 0.4) is 0 Å². The van der Waals surface area contributed by atoms with Gasteiger partial charge in [0.2, 0.25) is 5.91 Å². The van der Waals surface area contributed by atoms with Gasteiger partial charge in [0, 0.05) is 36.3 Å². The number of rotatable bonds is 5. The first-order chi connectivity index (χ1) is 9.54. The van der Waals surface area contributed by atoms with Crippen LogP contribution in [0.25, 0.3) is 0 Å². The highest BCUT2D eigenvalue weighted by molar-refractivity contribution is 7.09. The highest BCUT2D eigenvalue weighted by Gasteiger charge is 2.07. The van der Waals surface area contributed by atoms with Crippen molar-refractivity contribution in [3.8, 4) is 0 Å². The molecule has 1 aromatic carbocycles. The second kappa shape index (κ2) is 6.63. The predicted octanol–water partition coefficient (Wildman–Crippen LogP) is 3.26. The zero-order chi connectivity index (χ0) is 14.5. The number of nitrogens with one attached hydrogen (secondary N) is 2. The summed E-state index contributed by atoms with van der Waals surface area (Å²) in [5, 5.41) is 9.39. The molecule has 0 fully saturated rings. The van der Waals surface area contributed by atoms with Gasteiger partial charge in [0.25, 0.3) is 0 Å². The number of nitrogens with zero attached hydrogens (tertiary/aromatic N) is 1. The standard InChI is InChI=1S/C15H19N3OS/c1-10-9-20-15(17-10)8-16-11(2)13-5-4-6-14(7-13)18-12(3)19/h4-7,9,11,16H,8H2,1-3H3,(H,18,19). The lowest BCUT2D eigenvalue weighted by Crippen LogP contribution is -2.18. The molecule has 0 saturated carbocycles. The van der Waals surface area contributed by atoms with Crippen LogP contribution in [-0.4, -0.2) is 10.9 Å². The maximum atomic E-state index is 11.1. The summed E-state index contributed by atoms with van der Waals surface area (Å²) in [7, 11) is 0. The van der Waals surface area contributed by atoms with Gasteiger partial charge in [-0.05, 0) is 31.5 Å². The van der Waals surface area contributed by atoms with Crippen molar-refractivity contribution in [2.45, 2.75) is 33.4 Å². The van der Waals surface area contributed by atoms with Gasteiger partial charge in [-0.2, -0.15) is 0 Å². The molecule has 106 valence electrons. The predicted molar refractivity (Wildman–Crippen MR) is 82.9 cm³/mol. The lowest BCUT2D eigenvalue weighted by atomic mass is 10.1. The lowest BCUT2D eigenvalue weighted by Gasteiger charge is -2.14. The molecule has 5 heteroatoms. The number of carbonyl (C=O) groups excluding carboxylic acids is 1. The summed E-state index contributed by atoms with van der Waals surface area (Å²) in [4.78, 5) is 15.5. The monoisotopic (exact) mass is 289 g/mol. The minimum atomic E-state index is -0.0546. The number of hydrogen-bond donors (Lipinski definition) is 2. The Kier molecular flexibility index (Phi) is 4.87. The number of hydrogen-bond acceptors (Lipinski definition) is 4. The number of aryl methyl sites for hydroxylation is 1. The fraction of sp³-hybridized carbons (Fsp3) is 0.333. The van der Waals surface area contributed by atoms with Crippen LogP contribution in [0.15, 0.2) is 29.6 Å². The smallest absolute Gasteiger partial charge is 0.221 e. The van der Waals surface area contributed by atoms with Gasteiger partial charge < -0.3 is 10.6 Å². The third kappa shape index (κ3) is 4.15. The maximum absolute atomic E-state index is 11.1. The highest BCUT2D eigenvalue weighted by Crippen LogP contribution is 2.18. The van der Waals surface area contributed by atoms with E-state index < -0.39 is 0 Å². The molecule has 0 bridgehead atoms. The van der Waals surface area contributed by atoms with E-state index >= 15 is 0 Å². The summed E-state index contributed by atoms with van der Waals surface area (Å²) in [6.07, 6.45) is 0. The van der Waals surface area contributed by atoms with Gasteiger partial charge in [-0.3, -0.25) is 4.79 Å². The van der Waals surface area contributed by atoms with Crippen molar-refractivity contribution in [3.63, 3.8) is 0 Å². The van der Waals surface area contributed by atoms with E-state index in [9.17, 15) is 4.79 Å². The van der Waals surface area contributed by atoms with Crippen LogP contribution in [-0.2, 0) is 11.3 Å². The molecule has 1 heterocycles. The number of anilines is 1. The molecule has 1 amide bonds. The molecule has 1 atom stereocenters. The fourth-order valence-corrected chi connectivity index (χ4v) is 2.65. The summed E-state index contributed by atoms with van der Waals surface area (Å²) in [6, 6.07) is 8.09. The minimum absolute atomic E-state index is 0.0546. The van der Waals surface area contributed by atoms with Gasteiger partial charge in [-0.25, -0.2) is 4.98 Å². The first-order valence-corrected chi connectivity index (χ1v) is 7.44. The average molecular weight is 289 g/mol. The normalized spacial score (nSPS) is 12.2. The number of aromatic nitrogens is 1. The first-order valence-electron chi connectivity index (χ1n) is 6.56. The fourth-order valence-electron chi connectivity index (χ4n) is 1.93. The SMILES string of the molecule is CC(=O)Nc1cccc(C(C)NCc2nc(C)cs2)c1. The maximum Gasteiger partial charge on any atom is 0.221 e. The van der Waals surface area contributed by atoms with Crippen molar-refractivity contribution in [1.82, 2.24) is 10.3 Å². The molecule has 2 N–H and O–H groups in total. The second-order valence-corrected chi connectivity index (χ2v) is 5.73. The van der Waals surface area contributed by atoms with Gasteiger partial charge in [-0.1, -0.05) is 12.1 Å². The van der Waals surface area contributed by atoms with Crippen LogP contribution < -0.4 is 10.6 Å². The van der Waals surface area contributed by atoms with Crippen molar-refractivity contribution in [3.05, 3.63) is 45.9 Å². The van der Waals surface area contributed by atoms with Crippen molar-refractivity contribution >= 4 is 22.9 Å². The zero-order valence-electron chi connectivity index (χ0n) is 11.9. The Hall–Kier alpha value is -1.72. The molecule has 2 aromatic rings. The third-order valence-electron chi connectivity index (χ3n) is 2.93. The van der Waals surface area contributed by atoms with Crippen molar-refractivity contribution in [2.24, 2.45) is 0 Å². The van der Waals surface area contributed by atoms with E-state index in [2.05, 4.69) is 34.0 Å². The van der Waals surface area contributed by atoms with E-state index in [1.54, 1.807) is 11.3 Å². The van der Waals surface area contributed by atoms with E-state index in [-0.39, 0.29) is 11.9 Å². The van der Waals surface area contributed by atoms with Gasteiger partial charge in [0.15, 0.2) is 0 Å². The van der Waals surface area contributed by atoms with Crippen molar-refractivity contribution in [2.75, 3.05) is 5.32 Å². The Bertz CT molecular complexity index is 594. The molecule has 0 aliphatic rings. The van der Waals surface area contributed by atoms with Crippen LogP contribution in [0, 0.1) is 6.92 Å². The van der Waals surface area contributed by atoms with Gasteiger partial charge in [0.1, 0.15) is 5.01 Å². The van der Waals surface area contributed by atoms with E-state index in [4.69, 9.17) is 0 Å². The molecular formula is C15H19N3OS.